The number of carbonyl (C=O) groups excluding carboxylic acids is 1. The molecule has 3 atom stereocenters. The summed E-state index contributed by atoms with van der Waals surface area (Å²) in [6.45, 7) is 5.74. The number of aliphatic hydroxyl groups excluding tert-OH is 1. The monoisotopic (exact) mass is 573 g/mol. The van der Waals surface area contributed by atoms with Crippen molar-refractivity contribution in [2.24, 2.45) is 0 Å². The second-order valence-electron chi connectivity index (χ2n) is 11.0. The van der Waals surface area contributed by atoms with Crippen LogP contribution in [0.15, 0.2) is 78.9 Å². The highest BCUT2D eigenvalue weighted by Gasteiger charge is 2.33. The number of nitrogens with one attached hydrogen (secondary N) is 1. The fraction of sp³-hybridized carbons (Fsp3) is 0.394. The van der Waals surface area contributed by atoms with E-state index in [0.717, 1.165) is 62.4 Å². The SMILES string of the molecule is O=C(O)CCC(=O)Nc1ccc([C@H]2O[C@@H](CN3CCN(Cc4ccccc4)CC3)C[C@@H](c3ccc(CO)cc3)O2)cc1. The zero-order chi connectivity index (χ0) is 29.3. The van der Waals surface area contributed by atoms with Gasteiger partial charge in [0.1, 0.15) is 0 Å². The van der Waals surface area contributed by atoms with Gasteiger partial charge in [-0.25, -0.2) is 0 Å². The Kier molecular flexibility index (Phi) is 10.3. The van der Waals surface area contributed by atoms with E-state index in [0.29, 0.717) is 5.69 Å². The third kappa shape index (κ3) is 8.47. The molecule has 0 radical (unpaired) electrons. The molecular formula is C33H39N3O6. The van der Waals surface area contributed by atoms with Crippen LogP contribution in [0.2, 0.25) is 0 Å². The van der Waals surface area contributed by atoms with Crippen molar-refractivity contribution < 1.29 is 29.3 Å². The first-order valence-corrected chi connectivity index (χ1v) is 14.6. The van der Waals surface area contributed by atoms with E-state index in [1.807, 2.05) is 42.5 Å². The van der Waals surface area contributed by atoms with Crippen LogP contribution in [0.5, 0.6) is 0 Å². The number of aliphatic carboxylic acids is 1. The zero-order valence-electron chi connectivity index (χ0n) is 23.7. The van der Waals surface area contributed by atoms with Gasteiger partial charge in [-0.1, -0.05) is 66.7 Å². The number of carbonyl (C=O) groups is 2. The van der Waals surface area contributed by atoms with Gasteiger partial charge in [0.05, 0.1) is 25.2 Å². The second-order valence-corrected chi connectivity index (χ2v) is 11.0. The molecule has 0 aromatic heterocycles. The Morgan fingerprint density at radius 2 is 1.45 bits per heavy atom. The van der Waals surface area contributed by atoms with Crippen LogP contribution < -0.4 is 5.32 Å². The summed E-state index contributed by atoms with van der Waals surface area (Å²) in [6, 6.07) is 25.7. The lowest BCUT2D eigenvalue weighted by Gasteiger charge is -2.40. The normalized spacial score (nSPS) is 21.6. The van der Waals surface area contributed by atoms with Crippen molar-refractivity contribution in [2.75, 3.05) is 38.0 Å². The molecule has 0 saturated carbocycles. The Labute approximate surface area is 246 Å². The quantitative estimate of drug-likeness (QED) is 0.311. The van der Waals surface area contributed by atoms with Gasteiger partial charge in [0, 0.05) is 63.4 Å². The standard InChI is InChI=1S/C33H39N3O6/c37-23-25-6-8-26(9-7-25)30-20-29(22-36-18-16-35(17-19-36)21-24-4-2-1-3-5-24)41-33(42-30)27-10-12-28(13-11-27)34-31(38)14-15-32(39)40/h1-13,29-30,33,37H,14-23H2,(H,34,38)(H,39,40)/t29-,30+,33+/m1/s1. The maximum Gasteiger partial charge on any atom is 0.303 e. The van der Waals surface area contributed by atoms with Gasteiger partial charge in [-0.3, -0.25) is 19.4 Å². The molecule has 1 amide bonds. The molecule has 0 spiro atoms. The van der Waals surface area contributed by atoms with Crippen LogP contribution in [0.1, 0.15) is 53.9 Å². The molecule has 2 fully saturated rings. The van der Waals surface area contributed by atoms with Gasteiger partial charge in [-0.15, -0.1) is 0 Å². The minimum atomic E-state index is -1.00. The average molecular weight is 574 g/mol. The predicted molar refractivity (Wildman–Crippen MR) is 159 cm³/mol. The number of nitrogens with zero attached hydrogens (tertiary/aromatic N) is 2. The van der Waals surface area contributed by atoms with Crippen molar-refractivity contribution >= 4 is 17.6 Å². The molecule has 3 aromatic carbocycles. The second kappa shape index (κ2) is 14.5. The van der Waals surface area contributed by atoms with Crippen LogP contribution in [0.25, 0.3) is 0 Å². The van der Waals surface area contributed by atoms with Crippen molar-refractivity contribution in [1.29, 1.82) is 0 Å². The number of anilines is 1. The number of amides is 1. The van der Waals surface area contributed by atoms with Crippen LogP contribution in [0.3, 0.4) is 0 Å². The smallest absolute Gasteiger partial charge is 0.303 e. The van der Waals surface area contributed by atoms with Gasteiger partial charge in [0.25, 0.3) is 0 Å². The molecule has 5 rings (SSSR count). The number of piperazine rings is 1. The van der Waals surface area contributed by atoms with Gasteiger partial charge in [0.2, 0.25) is 5.91 Å². The molecule has 222 valence electrons. The summed E-state index contributed by atoms with van der Waals surface area (Å²) in [5.41, 5.74) is 4.66. The van der Waals surface area contributed by atoms with E-state index in [1.54, 1.807) is 12.1 Å². The molecule has 9 heteroatoms. The van der Waals surface area contributed by atoms with E-state index in [4.69, 9.17) is 14.6 Å². The first-order chi connectivity index (χ1) is 20.4. The molecule has 2 aliphatic heterocycles. The summed E-state index contributed by atoms with van der Waals surface area (Å²) in [4.78, 5) is 27.8. The molecule has 0 unspecified atom stereocenters. The third-order valence-corrected chi connectivity index (χ3v) is 7.82. The van der Waals surface area contributed by atoms with E-state index < -0.39 is 12.3 Å². The number of rotatable bonds is 11. The highest BCUT2D eigenvalue weighted by Crippen LogP contribution is 2.38. The number of benzene rings is 3. The summed E-state index contributed by atoms with van der Waals surface area (Å²) in [6.07, 6.45) is -0.361. The minimum absolute atomic E-state index is 0.00436. The van der Waals surface area contributed by atoms with E-state index in [-0.39, 0.29) is 37.6 Å². The van der Waals surface area contributed by atoms with Gasteiger partial charge >= 0.3 is 5.97 Å². The molecular weight excluding hydrogens is 534 g/mol. The number of ether oxygens (including phenoxy) is 2. The van der Waals surface area contributed by atoms with Crippen molar-refractivity contribution in [3.63, 3.8) is 0 Å². The largest absolute Gasteiger partial charge is 0.481 e. The zero-order valence-corrected chi connectivity index (χ0v) is 23.7. The van der Waals surface area contributed by atoms with Gasteiger partial charge in [-0.05, 0) is 28.8 Å². The first kappa shape index (κ1) is 29.9. The Hall–Kier alpha value is -3.60. The van der Waals surface area contributed by atoms with Crippen LogP contribution in [0.4, 0.5) is 5.69 Å². The highest BCUT2D eigenvalue weighted by molar-refractivity contribution is 5.92. The third-order valence-electron chi connectivity index (χ3n) is 7.82. The molecule has 2 heterocycles. The maximum atomic E-state index is 12.0. The molecule has 2 saturated heterocycles. The van der Waals surface area contributed by atoms with Crippen LogP contribution in [0, 0.1) is 0 Å². The molecule has 9 nitrogen and oxygen atoms in total. The average Bonchev–Trinajstić information content (AvgIpc) is 3.02. The fourth-order valence-corrected chi connectivity index (χ4v) is 5.46. The maximum absolute atomic E-state index is 12.0. The van der Waals surface area contributed by atoms with Crippen molar-refractivity contribution in [2.45, 2.75) is 50.9 Å². The van der Waals surface area contributed by atoms with Crippen molar-refractivity contribution in [3.05, 3.63) is 101 Å². The molecule has 2 aliphatic rings. The first-order valence-electron chi connectivity index (χ1n) is 14.6. The number of carboxylic acids is 1. The summed E-state index contributed by atoms with van der Waals surface area (Å²) in [7, 11) is 0. The number of carboxylic acid groups (broad SMARTS) is 1. The van der Waals surface area contributed by atoms with E-state index in [2.05, 4.69) is 39.4 Å². The molecule has 42 heavy (non-hydrogen) atoms. The Morgan fingerprint density at radius 3 is 2.12 bits per heavy atom. The van der Waals surface area contributed by atoms with E-state index in [1.165, 1.54) is 5.56 Å². The number of hydrogen-bond donors (Lipinski definition) is 3. The molecule has 3 N–H and O–H groups in total. The number of aliphatic hydroxyl groups is 1. The van der Waals surface area contributed by atoms with Gasteiger partial charge in [0.15, 0.2) is 6.29 Å². The Bertz CT molecular complexity index is 1290. The van der Waals surface area contributed by atoms with Crippen LogP contribution in [-0.2, 0) is 32.2 Å². The lowest BCUT2D eigenvalue weighted by molar-refractivity contribution is -0.253. The van der Waals surface area contributed by atoms with E-state index in [9.17, 15) is 14.7 Å². The summed E-state index contributed by atoms with van der Waals surface area (Å²) in [5, 5.41) is 21.0. The Balaban J connectivity index is 1.23. The minimum Gasteiger partial charge on any atom is -0.481 e. The van der Waals surface area contributed by atoms with Crippen molar-refractivity contribution in [3.8, 4) is 0 Å². The van der Waals surface area contributed by atoms with Crippen LogP contribution >= 0.6 is 0 Å². The molecule has 3 aromatic rings. The Morgan fingerprint density at radius 1 is 0.786 bits per heavy atom. The summed E-state index contributed by atoms with van der Waals surface area (Å²) < 4.78 is 13.0. The fourth-order valence-electron chi connectivity index (χ4n) is 5.46. The van der Waals surface area contributed by atoms with Crippen LogP contribution in [-0.4, -0.2) is 70.7 Å². The summed E-state index contributed by atoms with van der Waals surface area (Å²) >= 11 is 0. The molecule has 0 aliphatic carbocycles. The van der Waals surface area contributed by atoms with Gasteiger partial charge in [-0.2, -0.15) is 0 Å². The molecule has 0 bridgehead atoms. The summed E-state index contributed by atoms with van der Waals surface area (Å²) in [5.74, 6) is -1.35. The van der Waals surface area contributed by atoms with Gasteiger partial charge < -0.3 is 25.0 Å². The highest BCUT2D eigenvalue weighted by atomic mass is 16.7. The van der Waals surface area contributed by atoms with E-state index >= 15 is 0 Å². The lowest BCUT2D eigenvalue weighted by Crippen LogP contribution is -2.49. The topological polar surface area (TPSA) is 112 Å². The predicted octanol–water partition coefficient (Wildman–Crippen LogP) is 4.35. The number of hydrogen-bond acceptors (Lipinski definition) is 7. The lowest BCUT2D eigenvalue weighted by atomic mass is 9.99. The van der Waals surface area contributed by atoms with Crippen molar-refractivity contribution in [1.82, 2.24) is 9.80 Å².